The van der Waals surface area contributed by atoms with Crippen LogP contribution in [0.25, 0.3) is 10.9 Å². The predicted octanol–water partition coefficient (Wildman–Crippen LogP) is 3.41. The summed E-state index contributed by atoms with van der Waals surface area (Å²) in [5.41, 5.74) is 1.09. The molecule has 1 fully saturated rings. The van der Waals surface area contributed by atoms with Crippen LogP contribution in [0.5, 0.6) is 0 Å². The summed E-state index contributed by atoms with van der Waals surface area (Å²) in [6.07, 6.45) is 3.47. The van der Waals surface area contributed by atoms with Crippen molar-refractivity contribution in [3.8, 4) is 0 Å². The summed E-state index contributed by atoms with van der Waals surface area (Å²) in [6, 6.07) is 15.2. The molecule has 1 atom stereocenters. The van der Waals surface area contributed by atoms with Gasteiger partial charge in [0.1, 0.15) is 0 Å². The molecule has 1 unspecified atom stereocenters. The molecule has 1 aromatic heterocycles. The zero-order valence-electron chi connectivity index (χ0n) is 18.0. The Morgan fingerprint density at radius 2 is 1.91 bits per heavy atom. The molecule has 1 amide bonds. The molecule has 32 heavy (non-hydrogen) atoms. The second kappa shape index (κ2) is 9.26. The van der Waals surface area contributed by atoms with E-state index in [4.69, 9.17) is 0 Å². The third kappa shape index (κ3) is 4.47. The maximum Gasteiger partial charge on any atom is 0.252 e. The van der Waals surface area contributed by atoms with Gasteiger partial charge in [-0.15, -0.1) is 0 Å². The molecule has 0 bridgehead atoms. The minimum absolute atomic E-state index is 0.0198. The van der Waals surface area contributed by atoms with Crippen LogP contribution < -0.4 is 10.9 Å². The minimum atomic E-state index is -3.71. The second-order valence-electron chi connectivity index (χ2n) is 8.10. The first-order valence-electron chi connectivity index (χ1n) is 10.9. The van der Waals surface area contributed by atoms with Crippen LogP contribution in [0.2, 0.25) is 0 Å². The summed E-state index contributed by atoms with van der Waals surface area (Å²) in [5.74, 6) is -0.427. The number of carbonyl (C=O) groups excluding carboxylic acids is 1. The highest BCUT2D eigenvalue weighted by atomic mass is 32.2. The standard InChI is InChI=1S/C24H27N3O4S/c1-2-18-10-6-7-13-27(18)32(30,31)19-11-12-22-20(14-19)21(15-23(28)26-22)24(29)25-16-17-8-4-3-5-9-17/h3-5,8-9,11-12,14-15,18H,2,6-7,10,13,16H2,1H3,(H,25,29)(H,26,28). The number of H-pyrrole nitrogens is 1. The number of benzene rings is 2. The summed E-state index contributed by atoms with van der Waals surface area (Å²) in [5, 5.41) is 3.22. The predicted molar refractivity (Wildman–Crippen MR) is 124 cm³/mol. The Bertz CT molecular complexity index is 1290. The maximum absolute atomic E-state index is 13.4. The van der Waals surface area contributed by atoms with Crippen LogP contribution >= 0.6 is 0 Å². The Morgan fingerprint density at radius 3 is 2.66 bits per heavy atom. The van der Waals surface area contributed by atoms with E-state index in [0.29, 0.717) is 24.0 Å². The summed E-state index contributed by atoms with van der Waals surface area (Å²) in [7, 11) is -3.71. The van der Waals surface area contributed by atoms with E-state index in [0.717, 1.165) is 31.2 Å². The van der Waals surface area contributed by atoms with Gasteiger partial charge in [-0.1, -0.05) is 43.7 Å². The van der Waals surface area contributed by atoms with E-state index < -0.39 is 21.5 Å². The molecule has 2 aromatic carbocycles. The van der Waals surface area contributed by atoms with Crippen molar-refractivity contribution in [2.45, 2.75) is 50.1 Å². The summed E-state index contributed by atoms with van der Waals surface area (Å²) < 4.78 is 28.4. The van der Waals surface area contributed by atoms with Crippen molar-refractivity contribution in [2.75, 3.05) is 6.54 Å². The van der Waals surface area contributed by atoms with Crippen molar-refractivity contribution in [2.24, 2.45) is 0 Å². The molecule has 8 heteroatoms. The highest BCUT2D eigenvalue weighted by Gasteiger charge is 2.32. The molecule has 3 aromatic rings. The van der Waals surface area contributed by atoms with Crippen molar-refractivity contribution >= 4 is 26.8 Å². The number of amides is 1. The van der Waals surface area contributed by atoms with Crippen molar-refractivity contribution in [3.63, 3.8) is 0 Å². The zero-order chi connectivity index (χ0) is 22.7. The Hall–Kier alpha value is -2.97. The van der Waals surface area contributed by atoms with Crippen molar-refractivity contribution in [3.05, 3.63) is 76.1 Å². The Labute approximate surface area is 187 Å². The van der Waals surface area contributed by atoms with Gasteiger partial charge in [-0.2, -0.15) is 4.31 Å². The first-order chi connectivity index (χ1) is 15.4. The average molecular weight is 454 g/mol. The third-order valence-corrected chi connectivity index (χ3v) is 7.95. The maximum atomic E-state index is 13.4. The van der Waals surface area contributed by atoms with Crippen LogP contribution in [0, 0.1) is 0 Å². The van der Waals surface area contributed by atoms with E-state index in [1.54, 1.807) is 10.4 Å². The first-order valence-corrected chi connectivity index (χ1v) is 12.3. The number of aromatic nitrogens is 1. The van der Waals surface area contributed by atoms with Crippen LogP contribution in [0.15, 0.2) is 64.3 Å². The molecular weight excluding hydrogens is 426 g/mol. The lowest BCUT2D eigenvalue weighted by atomic mass is 10.0. The molecule has 1 aliphatic heterocycles. The molecule has 168 valence electrons. The Morgan fingerprint density at radius 1 is 1.12 bits per heavy atom. The van der Waals surface area contributed by atoms with Crippen LogP contribution in [-0.4, -0.2) is 36.2 Å². The lowest BCUT2D eigenvalue weighted by Gasteiger charge is -2.34. The number of rotatable bonds is 6. The first kappa shape index (κ1) is 22.2. The van der Waals surface area contributed by atoms with Gasteiger partial charge in [-0.3, -0.25) is 9.59 Å². The van der Waals surface area contributed by atoms with E-state index in [-0.39, 0.29) is 16.5 Å². The van der Waals surface area contributed by atoms with E-state index in [9.17, 15) is 18.0 Å². The van der Waals surface area contributed by atoms with Crippen LogP contribution in [0.3, 0.4) is 0 Å². The number of nitrogens with one attached hydrogen (secondary N) is 2. The lowest BCUT2D eigenvalue weighted by Crippen LogP contribution is -2.43. The SMILES string of the molecule is CCC1CCCCN1S(=O)(=O)c1ccc2[nH]c(=O)cc(C(=O)NCc3ccccc3)c2c1. The number of carbonyl (C=O) groups is 1. The molecule has 7 nitrogen and oxygen atoms in total. The van der Waals surface area contributed by atoms with E-state index in [1.807, 2.05) is 37.3 Å². The summed E-state index contributed by atoms with van der Waals surface area (Å²) in [4.78, 5) is 27.9. The van der Waals surface area contributed by atoms with Gasteiger partial charge in [-0.25, -0.2) is 8.42 Å². The molecule has 0 radical (unpaired) electrons. The quantitative estimate of drug-likeness (QED) is 0.597. The third-order valence-electron chi connectivity index (χ3n) is 6.01. The smallest absolute Gasteiger partial charge is 0.252 e. The van der Waals surface area contributed by atoms with Gasteiger partial charge in [0.15, 0.2) is 0 Å². The monoisotopic (exact) mass is 453 g/mol. The molecule has 0 spiro atoms. The Balaban J connectivity index is 1.71. The highest BCUT2D eigenvalue weighted by molar-refractivity contribution is 7.89. The van der Waals surface area contributed by atoms with Gasteiger partial charge in [0, 0.05) is 36.1 Å². The fraction of sp³-hybridized carbons (Fsp3) is 0.333. The van der Waals surface area contributed by atoms with Gasteiger partial charge in [-0.05, 0) is 43.0 Å². The number of hydrogen-bond donors (Lipinski definition) is 2. The lowest BCUT2D eigenvalue weighted by molar-refractivity contribution is 0.0952. The highest BCUT2D eigenvalue weighted by Crippen LogP contribution is 2.29. The van der Waals surface area contributed by atoms with Crippen molar-refractivity contribution < 1.29 is 13.2 Å². The number of fused-ring (bicyclic) bond motifs is 1. The number of aromatic amines is 1. The topological polar surface area (TPSA) is 99.3 Å². The van der Waals surface area contributed by atoms with Crippen LogP contribution in [-0.2, 0) is 16.6 Å². The fourth-order valence-electron chi connectivity index (χ4n) is 4.29. The summed E-state index contributed by atoms with van der Waals surface area (Å²) >= 11 is 0. The molecule has 2 N–H and O–H groups in total. The second-order valence-corrected chi connectivity index (χ2v) is 9.99. The number of pyridine rings is 1. The molecule has 4 rings (SSSR count). The van der Waals surface area contributed by atoms with Gasteiger partial charge in [0.25, 0.3) is 5.91 Å². The largest absolute Gasteiger partial charge is 0.348 e. The fourth-order valence-corrected chi connectivity index (χ4v) is 6.08. The van der Waals surface area contributed by atoms with Gasteiger partial charge < -0.3 is 10.3 Å². The van der Waals surface area contributed by atoms with E-state index in [1.165, 1.54) is 18.2 Å². The molecule has 0 saturated carbocycles. The minimum Gasteiger partial charge on any atom is -0.348 e. The number of nitrogens with zero attached hydrogens (tertiary/aromatic N) is 1. The van der Waals surface area contributed by atoms with E-state index >= 15 is 0 Å². The van der Waals surface area contributed by atoms with Gasteiger partial charge in [0.05, 0.1) is 10.5 Å². The van der Waals surface area contributed by atoms with Gasteiger partial charge >= 0.3 is 0 Å². The number of hydrogen-bond acceptors (Lipinski definition) is 4. The van der Waals surface area contributed by atoms with Crippen molar-refractivity contribution in [1.29, 1.82) is 0 Å². The van der Waals surface area contributed by atoms with Crippen LogP contribution in [0.1, 0.15) is 48.5 Å². The van der Waals surface area contributed by atoms with Crippen molar-refractivity contribution in [1.82, 2.24) is 14.6 Å². The van der Waals surface area contributed by atoms with Crippen LogP contribution in [0.4, 0.5) is 0 Å². The molecule has 0 aliphatic carbocycles. The molecule has 1 aliphatic rings. The molecule has 1 saturated heterocycles. The number of sulfonamides is 1. The van der Waals surface area contributed by atoms with E-state index in [2.05, 4.69) is 10.3 Å². The zero-order valence-corrected chi connectivity index (χ0v) is 18.8. The summed E-state index contributed by atoms with van der Waals surface area (Å²) in [6.45, 7) is 2.80. The van der Waals surface area contributed by atoms with Gasteiger partial charge in [0.2, 0.25) is 15.6 Å². The molecular formula is C24H27N3O4S. The Kier molecular flexibility index (Phi) is 6.43. The average Bonchev–Trinajstić information content (AvgIpc) is 2.82. The normalized spacial score (nSPS) is 17.3. The molecule has 2 heterocycles. The number of piperidine rings is 1.